The van der Waals surface area contributed by atoms with Crippen molar-refractivity contribution in [2.24, 2.45) is 5.92 Å². The van der Waals surface area contributed by atoms with E-state index in [4.69, 9.17) is 5.73 Å². The smallest absolute Gasteiger partial charge is 0.242 e. The first kappa shape index (κ1) is 15.1. The van der Waals surface area contributed by atoms with Gasteiger partial charge in [-0.3, -0.25) is 0 Å². The Morgan fingerprint density at radius 1 is 1.25 bits per heavy atom. The molecule has 0 atom stereocenters. The lowest BCUT2D eigenvalue weighted by Gasteiger charge is -2.23. The number of anilines is 2. The minimum Gasteiger partial charge on any atom is -0.399 e. The molecule has 0 bridgehead atoms. The van der Waals surface area contributed by atoms with Crippen LogP contribution in [0.4, 0.5) is 11.4 Å². The molecule has 0 radical (unpaired) electrons. The molecule has 0 spiro atoms. The van der Waals surface area contributed by atoms with E-state index < -0.39 is 10.0 Å². The van der Waals surface area contributed by atoms with E-state index in [9.17, 15) is 8.42 Å². The molecule has 1 saturated carbocycles. The minimum atomic E-state index is -3.50. The number of hydrogen-bond acceptors (Lipinski definition) is 4. The average Bonchev–Trinajstić information content (AvgIpc) is 2.47. The average molecular weight is 297 g/mol. The van der Waals surface area contributed by atoms with Gasteiger partial charge in [0.1, 0.15) is 4.90 Å². The van der Waals surface area contributed by atoms with Gasteiger partial charge >= 0.3 is 0 Å². The number of hydrogen-bond donors (Lipinski definition) is 3. The maximum atomic E-state index is 12.0. The third kappa shape index (κ3) is 3.64. The van der Waals surface area contributed by atoms with E-state index >= 15 is 0 Å². The molecule has 0 heterocycles. The number of nitrogen functional groups attached to an aromatic ring is 1. The number of rotatable bonds is 5. The Balaban J connectivity index is 2.14. The normalized spacial score (nSPS) is 17.1. The second-order valence-corrected chi connectivity index (χ2v) is 7.20. The zero-order valence-electron chi connectivity index (χ0n) is 11.9. The van der Waals surface area contributed by atoms with Crippen molar-refractivity contribution in [1.29, 1.82) is 0 Å². The van der Waals surface area contributed by atoms with E-state index in [0.717, 1.165) is 6.54 Å². The van der Waals surface area contributed by atoms with Crippen LogP contribution in [0.2, 0.25) is 0 Å². The van der Waals surface area contributed by atoms with Crippen LogP contribution in [0.15, 0.2) is 23.1 Å². The van der Waals surface area contributed by atoms with Gasteiger partial charge in [0, 0.05) is 12.2 Å². The monoisotopic (exact) mass is 297 g/mol. The summed E-state index contributed by atoms with van der Waals surface area (Å²) in [7, 11) is -2.09. The highest BCUT2D eigenvalue weighted by molar-refractivity contribution is 7.89. The summed E-state index contributed by atoms with van der Waals surface area (Å²) in [5, 5.41) is 3.28. The minimum absolute atomic E-state index is 0.218. The van der Waals surface area contributed by atoms with Crippen LogP contribution in [-0.2, 0) is 10.0 Å². The molecule has 112 valence electrons. The highest BCUT2D eigenvalue weighted by Gasteiger charge is 2.19. The van der Waals surface area contributed by atoms with Gasteiger partial charge in [-0.15, -0.1) is 0 Å². The fourth-order valence-corrected chi connectivity index (χ4v) is 3.60. The maximum absolute atomic E-state index is 12.0. The first-order valence-corrected chi connectivity index (χ1v) is 8.58. The van der Waals surface area contributed by atoms with Gasteiger partial charge in [-0.2, -0.15) is 0 Å². The predicted octanol–water partition coefficient (Wildman–Crippen LogP) is 2.17. The van der Waals surface area contributed by atoms with Crippen LogP contribution >= 0.6 is 0 Å². The van der Waals surface area contributed by atoms with Crippen LogP contribution in [0.25, 0.3) is 0 Å². The topological polar surface area (TPSA) is 84.2 Å². The van der Waals surface area contributed by atoms with E-state index in [-0.39, 0.29) is 4.90 Å². The molecule has 0 aromatic heterocycles. The van der Waals surface area contributed by atoms with E-state index in [2.05, 4.69) is 10.0 Å². The zero-order chi connectivity index (χ0) is 14.6. The molecule has 5 nitrogen and oxygen atoms in total. The van der Waals surface area contributed by atoms with Crippen molar-refractivity contribution in [3.8, 4) is 0 Å². The summed E-state index contributed by atoms with van der Waals surface area (Å²) in [5.74, 6) is 0.631. The highest BCUT2D eigenvalue weighted by atomic mass is 32.2. The van der Waals surface area contributed by atoms with Crippen molar-refractivity contribution < 1.29 is 8.42 Å². The molecule has 0 saturated heterocycles. The van der Waals surface area contributed by atoms with Crippen molar-refractivity contribution in [3.63, 3.8) is 0 Å². The Morgan fingerprint density at radius 3 is 2.60 bits per heavy atom. The van der Waals surface area contributed by atoms with Crippen molar-refractivity contribution in [2.75, 3.05) is 24.6 Å². The number of benzene rings is 1. The maximum Gasteiger partial charge on any atom is 0.242 e. The van der Waals surface area contributed by atoms with Gasteiger partial charge in [-0.1, -0.05) is 19.3 Å². The summed E-state index contributed by atoms with van der Waals surface area (Å²) in [6.07, 6.45) is 6.30. The first-order valence-electron chi connectivity index (χ1n) is 7.10. The van der Waals surface area contributed by atoms with Crippen molar-refractivity contribution in [1.82, 2.24) is 4.72 Å². The molecular formula is C14H23N3O2S. The standard InChI is InChI=1S/C14H23N3O2S/c1-16-20(18,19)14-9-12(15)7-8-13(14)17-10-11-5-3-2-4-6-11/h7-9,11,16-17H,2-6,10,15H2,1H3. The van der Waals surface area contributed by atoms with Gasteiger partial charge in [0.25, 0.3) is 0 Å². The van der Waals surface area contributed by atoms with Crippen LogP contribution < -0.4 is 15.8 Å². The fraction of sp³-hybridized carbons (Fsp3) is 0.571. The second-order valence-electron chi connectivity index (χ2n) is 5.35. The van der Waals surface area contributed by atoms with Crippen molar-refractivity contribution >= 4 is 21.4 Å². The van der Waals surface area contributed by atoms with E-state index in [1.165, 1.54) is 45.2 Å². The third-order valence-corrected chi connectivity index (χ3v) is 5.32. The van der Waals surface area contributed by atoms with Crippen LogP contribution in [-0.4, -0.2) is 22.0 Å². The molecule has 0 aliphatic heterocycles. The molecule has 1 aromatic rings. The number of sulfonamides is 1. The Hall–Kier alpha value is -1.27. The van der Waals surface area contributed by atoms with Crippen LogP contribution in [0.1, 0.15) is 32.1 Å². The molecule has 1 aliphatic rings. The summed E-state index contributed by atoms with van der Waals surface area (Å²) in [6, 6.07) is 4.95. The van der Waals surface area contributed by atoms with Crippen LogP contribution in [0, 0.1) is 5.92 Å². The molecule has 4 N–H and O–H groups in total. The van der Waals surface area contributed by atoms with E-state index in [1.807, 2.05) is 0 Å². The van der Waals surface area contributed by atoms with Crippen LogP contribution in [0.3, 0.4) is 0 Å². The molecular weight excluding hydrogens is 274 g/mol. The summed E-state index contributed by atoms with van der Waals surface area (Å²) in [5.41, 5.74) is 6.77. The summed E-state index contributed by atoms with van der Waals surface area (Å²) in [4.78, 5) is 0.218. The SMILES string of the molecule is CNS(=O)(=O)c1cc(N)ccc1NCC1CCCCC1. The van der Waals surface area contributed by atoms with Gasteiger partial charge < -0.3 is 11.1 Å². The van der Waals surface area contributed by atoms with E-state index in [0.29, 0.717) is 17.3 Å². The molecule has 0 unspecified atom stereocenters. The van der Waals surface area contributed by atoms with Gasteiger partial charge in [0.05, 0.1) is 5.69 Å². The molecule has 6 heteroatoms. The fourth-order valence-electron chi connectivity index (χ4n) is 2.66. The first-order chi connectivity index (χ1) is 9.53. The Labute approximate surface area is 121 Å². The summed E-state index contributed by atoms with van der Waals surface area (Å²) < 4.78 is 26.4. The molecule has 20 heavy (non-hydrogen) atoms. The van der Waals surface area contributed by atoms with Gasteiger partial charge in [-0.05, 0) is 44.0 Å². The van der Waals surface area contributed by atoms with Crippen molar-refractivity contribution in [3.05, 3.63) is 18.2 Å². The predicted molar refractivity (Wildman–Crippen MR) is 82.2 cm³/mol. The second kappa shape index (κ2) is 6.45. The van der Waals surface area contributed by atoms with Crippen molar-refractivity contribution in [2.45, 2.75) is 37.0 Å². The molecule has 0 amide bonds. The lowest BCUT2D eigenvalue weighted by atomic mass is 9.89. The Bertz CT molecular complexity index is 552. The van der Waals surface area contributed by atoms with E-state index in [1.54, 1.807) is 12.1 Å². The Kier molecular flexibility index (Phi) is 4.88. The molecule has 1 aromatic carbocycles. The zero-order valence-corrected chi connectivity index (χ0v) is 12.7. The Morgan fingerprint density at radius 2 is 1.95 bits per heavy atom. The number of nitrogens with one attached hydrogen (secondary N) is 2. The lowest BCUT2D eigenvalue weighted by Crippen LogP contribution is -2.22. The van der Waals surface area contributed by atoms with Crippen LogP contribution in [0.5, 0.6) is 0 Å². The summed E-state index contributed by atoms with van der Waals surface area (Å²) in [6.45, 7) is 0.816. The van der Waals surface area contributed by atoms with Gasteiger partial charge in [0.2, 0.25) is 10.0 Å². The molecule has 2 rings (SSSR count). The third-order valence-electron chi connectivity index (χ3n) is 3.87. The van der Waals surface area contributed by atoms with Gasteiger partial charge in [0.15, 0.2) is 0 Å². The van der Waals surface area contributed by atoms with Gasteiger partial charge in [-0.25, -0.2) is 13.1 Å². The molecule has 1 aliphatic carbocycles. The largest absolute Gasteiger partial charge is 0.399 e. The molecule has 1 fully saturated rings. The lowest BCUT2D eigenvalue weighted by molar-refractivity contribution is 0.373. The summed E-state index contributed by atoms with van der Waals surface area (Å²) >= 11 is 0. The quantitative estimate of drug-likeness (QED) is 0.727. The highest BCUT2D eigenvalue weighted by Crippen LogP contribution is 2.27. The number of nitrogens with two attached hydrogens (primary N) is 1.